The smallest absolute Gasteiger partial charge is 0.107 e. The molecule has 0 N–H and O–H groups in total. The van der Waals surface area contributed by atoms with Gasteiger partial charge in [-0.25, -0.2) is 0 Å². The van der Waals surface area contributed by atoms with Gasteiger partial charge in [-0.2, -0.15) is 5.10 Å². The van der Waals surface area contributed by atoms with Gasteiger partial charge in [-0.05, 0) is 29.4 Å². The van der Waals surface area contributed by atoms with Crippen molar-refractivity contribution in [3.05, 3.63) is 15.9 Å². The van der Waals surface area contributed by atoms with Crippen molar-refractivity contribution in [3.8, 4) is 0 Å². The molecule has 0 saturated heterocycles. The Bertz CT molecular complexity index is 305. The number of nitrogens with zero attached hydrogens (tertiary/aromatic N) is 3. The fourth-order valence-corrected chi connectivity index (χ4v) is 2.12. The topological polar surface area (TPSA) is 21.1 Å². The highest BCUT2D eigenvalue weighted by atomic mass is 79.9. The van der Waals surface area contributed by atoms with Gasteiger partial charge in [0.2, 0.25) is 0 Å². The first-order valence-electron chi connectivity index (χ1n) is 4.07. The molecule has 1 aromatic heterocycles. The monoisotopic (exact) mass is 229 g/mol. The second-order valence-electron chi connectivity index (χ2n) is 3.33. The molecule has 1 aliphatic rings. The van der Waals surface area contributed by atoms with Gasteiger partial charge in [0.15, 0.2) is 0 Å². The van der Waals surface area contributed by atoms with Crippen molar-refractivity contribution in [1.82, 2.24) is 14.7 Å². The van der Waals surface area contributed by atoms with Crippen LogP contribution in [0.15, 0.2) is 4.60 Å². The van der Waals surface area contributed by atoms with E-state index in [4.69, 9.17) is 0 Å². The number of hydrogen-bond acceptors (Lipinski definition) is 2. The number of aromatic nitrogens is 2. The number of aryl methyl sites for hydroxylation is 1. The van der Waals surface area contributed by atoms with E-state index in [1.54, 1.807) is 0 Å². The largest absolute Gasteiger partial charge is 0.300 e. The molecule has 2 rings (SSSR count). The first-order valence-corrected chi connectivity index (χ1v) is 4.86. The van der Waals surface area contributed by atoms with Crippen LogP contribution in [0.2, 0.25) is 0 Å². The zero-order valence-corrected chi connectivity index (χ0v) is 8.93. The molecule has 66 valence electrons. The highest BCUT2D eigenvalue weighted by Crippen LogP contribution is 2.24. The van der Waals surface area contributed by atoms with Crippen molar-refractivity contribution < 1.29 is 0 Å². The van der Waals surface area contributed by atoms with E-state index in [-0.39, 0.29) is 0 Å². The Kier molecular flexibility index (Phi) is 1.96. The van der Waals surface area contributed by atoms with Crippen LogP contribution in [0, 0.1) is 0 Å². The van der Waals surface area contributed by atoms with Gasteiger partial charge in [-0.3, -0.25) is 4.68 Å². The second kappa shape index (κ2) is 2.85. The van der Waals surface area contributed by atoms with Crippen molar-refractivity contribution in [2.45, 2.75) is 13.0 Å². The molecule has 2 heterocycles. The Morgan fingerprint density at radius 2 is 2.17 bits per heavy atom. The summed E-state index contributed by atoms with van der Waals surface area (Å²) in [5.41, 5.74) is 2.61. The van der Waals surface area contributed by atoms with Gasteiger partial charge in [0, 0.05) is 25.7 Å². The van der Waals surface area contributed by atoms with Crippen molar-refractivity contribution in [1.29, 1.82) is 0 Å². The molecule has 3 nitrogen and oxygen atoms in total. The maximum Gasteiger partial charge on any atom is 0.107 e. The molecular formula is C8H12BrN3. The predicted molar refractivity (Wildman–Crippen MR) is 50.9 cm³/mol. The van der Waals surface area contributed by atoms with Crippen molar-refractivity contribution in [2.75, 3.05) is 13.6 Å². The molecule has 0 aromatic carbocycles. The van der Waals surface area contributed by atoms with Crippen LogP contribution in [-0.4, -0.2) is 28.3 Å². The SMILES string of the molecule is CN1CCc2c(nn(C)c2Br)C1. The molecule has 0 bridgehead atoms. The van der Waals surface area contributed by atoms with Crippen molar-refractivity contribution in [3.63, 3.8) is 0 Å². The van der Waals surface area contributed by atoms with Crippen molar-refractivity contribution >= 4 is 15.9 Å². The first kappa shape index (κ1) is 8.26. The average Bonchev–Trinajstić information content (AvgIpc) is 2.28. The highest BCUT2D eigenvalue weighted by molar-refractivity contribution is 9.10. The number of halogens is 1. The van der Waals surface area contributed by atoms with E-state index in [0.717, 1.165) is 24.1 Å². The zero-order chi connectivity index (χ0) is 8.72. The Balaban J connectivity index is 2.43. The van der Waals surface area contributed by atoms with Gasteiger partial charge in [0.05, 0.1) is 5.69 Å². The third-order valence-electron chi connectivity index (χ3n) is 2.32. The summed E-state index contributed by atoms with van der Waals surface area (Å²) in [5, 5.41) is 4.43. The minimum absolute atomic E-state index is 0.981. The third kappa shape index (κ3) is 1.19. The van der Waals surface area contributed by atoms with Gasteiger partial charge in [0.1, 0.15) is 4.60 Å². The summed E-state index contributed by atoms with van der Waals surface area (Å²) in [6.07, 6.45) is 1.11. The molecule has 0 amide bonds. The summed E-state index contributed by atoms with van der Waals surface area (Å²) >= 11 is 3.54. The zero-order valence-electron chi connectivity index (χ0n) is 7.34. The minimum atomic E-state index is 0.981. The Labute approximate surface area is 80.5 Å². The Hall–Kier alpha value is -0.350. The minimum Gasteiger partial charge on any atom is -0.300 e. The van der Waals surface area contributed by atoms with E-state index in [2.05, 4.69) is 33.0 Å². The lowest BCUT2D eigenvalue weighted by molar-refractivity contribution is 0.308. The van der Waals surface area contributed by atoms with Crippen LogP contribution in [0.4, 0.5) is 0 Å². The van der Waals surface area contributed by atoms with Crippen LogP contribution in [-0.2, 0) is 20.0 Å². The van der Waals surface area contributed by atoms with Crippen LogP contribution in [0.25, 0.3) is 0 Å². The van der Waals surface area contributed by atoms with E-state index >= 15 is 0 Å². The third-order valence-corrected chi connectivity index (χ3v) is 3.31. The maximum atomic E-state index is 4.43. The maximum absolute atomic E-state index is 4.43. The molecule has 4 heteroatoms. The van der Waals surface area contributed by atoms with Crippen LogP contribution in [0.1, 0.15) is 11.3 Å². The Morgan fingerprint density at radius 1 is 1.42 bits per heavy atom. The summed E-state index contributed by atoms with van der Waals surface area (Å²) in [4.78, 5) is 2.29. The Morgan fingerprint density at radius 3 is 2.92 bits per heavy atom. The number of rotatable bonds is 0. The van der Waals surface area contributed by atoms with E-state index in [9.17, 15) is 0 Å². The van der Waals surface area contributed by atoms with E-state index < -0.39 is 0 Å². The molecule has 1 aliphatic heterocycles. The molecule has 0 atom stereocenters. The second-order valence-corrected chi connectivity index (χ2v) is 4.08. The van der Waals surface area contributed by atoms with Crippen LogP contribution in [0.5, 0.6) is 0 Å². The molecule has 0 spiro atoms. The van der Waals surface area contributed by atoms with Gasteiger partial charge in [-0.15, -0.1) is 0 Å². The number of fused-ring (bicyclic) bond motifs is 1. The lowest BCUT2D eigenvalue weighted by atomic mass is 10.1. The lowest BCUT2D eigenvalue weighted by Gasteiger charge is -2.20. The van der Waals surface area contributed by atoms with Gasteiger partial charge in [-0.1, -0.05) is 0 Å². The predicted octanol–water partition coefficient (Wildman–Crippen LogP) is 1.17. The molecule has 0 unspecified atom stereocenters. The number of hydrogen-bond donors (Lipinski definition) is 0. The van der Waals surface area contributed by atoms with Crippen LogP contribution in [0.3, 0.4) is 0 Å². The molecule has 1 aromatic rings. The standard InChI is InChI=1S/C8H12BrN3/c1-11-4-3-6-7(5-11)10-12(2)8(6)9/h3-5H2,1-2H3. The molecule has 0 saturated carbocycles. The fraction of sp³-hybridized carbons (Fsp3) is 0.625. The molecule has 0 radical (unpaired) electrons. The molecule has 12 heavy (non-hydrogen) atoms. The van der Waals surface area contributed by atoms with E-state index in [0.29, 0.717) is 0 Å². The quantitative estimate of drug-likeness (QED) is 0.667. The molecule has 0 fully saturated rings. The summed E-state index contributed by atoms with van der Waals surface area (Å²) in [7, 11) is 4.11. The molecular weight excluding hydrogens is 218 g/mol. The summed E-state index contributed by atoms with van der Waals surface area (Å²) in [6, 6.07) is 0. The van der Waals surface area contributed by atoms with Crippen LogP contribution < -0.4 is 0 Å². The molecule has 0 aliphatic carbocycles. The summed E-state index contributed by atoms with van der Waals surface area (Å²) in [6.45, 7) is 2.12. The van der Waals surface area contributed by atoms with E-state index in [1.165, 1.54) is 11.3 Å². The highest BCUT2D eigenvalue weighted by Gasteiger charge is 2.19. The van der Waals surface area contributed by atoms with Gasteiger partial charge in [0.25, 0.3) is 0 Å². The average molecular weight is 230 g/mol. The van der Waals surface area contributed by atoms with E-state index in [1.807, 2.05) is 11.7 Å². The lowest BCUT2D eigenvalue weighted by Crippen LogP contribution is -2.26. The fourth-order valence-electron chi connectivity index (χ4n) is 1.61. The van der Waals surface area contributed by atoms with Crippen LogP contribution >= 0.6 is 15.9 Å². The number of likely N-dealkylation sites (N-methyl/N-ethyl adjacent to an activating group) is 1. The summed E-state index contributed by atoms with van der Waals surface area (Å²) < 4.78 is 3.05. The summed E-state index contributed by atoms with van der Waals surface area (Å²) in [5.74, 6) is 0. The first-order chi connectivity index (χ1) is 5.68. The van der Waals surface area contributed by atoms with Gasteiger partial charge >= 0.3 is 0 Å². The van der Waals surface area contributed by atoms with Crippen molar-refractivity contribution in [2.24, 2.45) is 7.05 Å². The van der Waals surface area contributed by atoms with Gasteiger partial charge < -0.3 is 4.90 Å². The normalized spacial score (nSPS) is 17.9.